The van der Waals surface area contributed by atoms with E-state index in [9.17, 15) is 9.59 Å². The van der Waals surface area contributed by atoms with Gasteiger partial charge >= 0.3 is 12.1 Å². The van der Waals surface area contributed by atoms with Crippen molar-refractivity contribution in [3.05, 3.63) is 90.2 Å². The molecule has 32 heavy (non-hydrogen) atoms. The molecule has 1 unspecified atom stereocenters. The van der Waals surface area contributed by atoms with Gasteiger partial charge < -0.3 is 18.9 Å². The van der Waals surface area contributed by atoms with Gasteiger partial charge in [-0.25, -0.2) is 4.79 Å². The van der Waals surface area contributed by atoms with Gasteiger partial charge in [0.1, 0.15) is 12.6 Å². The summed E-state index contributed by atoms with van der Waals surface area (Å²) in [5.74, 6) is -0.0262. The molecule has 0 aliphatic carbocycles. The number of benzene rings is 2. The predicted octanol–water partition coefficient (Wildman–Crippen LogP) is 3.81. The lowest BCUT2D eigenvalue weighted by molar-refractivity contribution is -0.118. The van der Waals surface area contributed by atoms with E-state index >= 15 is 0 Å². The molecule has 0 saturated carbocycles. The predicted molar refractivity (Wildman–Crippen MR) is 114 cm³/mol. The quantitative estimate of drug-likeness (QED) is 0.434. The van der Waals surface area contributed by atoms with Crippen molar-refractivity contribution < 1.29 is 23.2 Å². The molecule has 0 saturated heterocycles. The van der Waals surface area contributed by atoms with Crippen LogP contribution in [-0.2, 0) is 22.6 Å². The number of alkyl carbamates (subject to hydrolysis) is 1. The van der Waals surface area contributed by atoms with Gasteiger partial charge in [-0.3, -0.25) is 10.1 Å². The number of carbonyl (C=O) groups excluding carboxylic acids is 2. The maximum atomic E-state index is 12.9. The Morgan fingerprint density at radius 2 is 1.62 bits per heavy atom. The molecule has 1 atom stereocenters. The van der Waals surface area contributed by atoms with Gasteiger partial charge in [0, 0.05) is 6.42 Å². The van der Waals surface area contributed by atoms with Crippen LogP contribution in [-0.4, -0.2) is 28.2 Å². The first kappa shape index (κ1) is 20.9. The lowest BCUT2D eigenvalue weighted by Crippen LogP contribution is -2.45. The van der Waals surface area contributed by atoms with Crippen molar-refractivity contribution in [2.24, 2.45) is 0 Å². The lowest BCUT2D eigenvalue weighted by atomic mass is 10.1. The molecule has 0 fully saturated rings. The van der Waals surface area contributed by atoms with Crippen molar-refractivity contribution in [1.29, 1.82) is 0 Å². The lowest BCUT2D eigenvalue weighted by Gasteiger charge is -2.17. The molecule has 0 aliphatic rings. The SMILES string of the molecule is O=C(NC(Cc1ccccc1)C(=O)Nc1nnc(-c2ccco2)o1)OCc1ccccc1. The van der Waals surface area contributed by atoms with E-state index in [4.69, 9.17) is 13.6 Å². The monoisotopic (exact) mass is 432 g/mol. The van der Waals surface area contributed by atoms with Crippen LogP contribution in [0.2, 0.25) is 0 Å². The Kier molecular flexibility index (Phi) is 6.57. The van der Waals surface area contributed by atoms with E-state index in [1.54, 1.807) is 12.1 Å². The largest absolute Gasteiger partial charge is 0.459 e. The summed E-state index contributed by atoms with van der Waals surface area (Å²) < 4.78 is 15.9. The highest BCUT2D eigenvalue weighted by Gasteiger charge is 2.24. The van der Waals surface area contributed by atoms with E-state index in [1.165, 1.54) is 6.26 Å². The van der Waals surface area contributed by atoms with Gasteiger partial charge in [-0.15, -0.1) is 5.10 Å². The molecule has 2 heterocycles. The van der Waals surface area contributed by atoms with E-state index in [2.05, 4.69) is 20.8 Å². The summed E-state index contributed by atoms with van der Waals surface area (Å²) in [6.07, 6.45) is 0.997. The van der Waals surface area contributed by atoms with Crippen LogP contribution in [0.1, 0.15) is 11.1 Å². The number of hydrogen-bond donors (Lipinski definition) is 2. The molecule has 0 radical (unpaired) electrons. The molecule has 4 aromatic rings. The summed E-state index contributed by atoms with van der Waals surface area (Å²) in [4.78, 5) is 25.2. The van der Waals surface area contributed by atoms with Crippen molar-refractivity contribution in [1.82, 2.24) is 15.5 Å². The molecule has 0 aliphatic heterocycles. The maximum Gasteiger partial charge on any atom is 0.408 e. The van der Waals surface area contributed by atoms with Crippen LogP contribution >= 0.6 is 0 Å². The normalized spacial score (nSPS) is 11.5. The Bertz CT molecular complexity index is 1140. The van der Waals surface area contributed by atoms with Gasteiger partial charge in [-0.2, -0.15) is 0 Å². The zero-order valence-electron chi connectivity index (χ0n) is 16.9. The molecule has 0 bridgehead atoms. The molecule has 4 rings (SSSR count). The second kappa shape index (κ2) is 10.1. The fourth-order valence-corrected chi connectivity index (χ4v) is 2.93. The summed E-state index contributed by atoms with van der Waals surface area (Å²) in [5.41, 5.74) is 1.70. The van der Waals surface area contributed by atoms with Crippen LogP contribution in [0.15, 0.2) is 87.9 Å². The Labute approximate surface area is 183 Å². The van der Waals surface area contributed by atoms with Crippen LogP contribution in [0.3, 0.4) is 0 Å². The van der Waals surface area contributed by atoms with E-state index in [-0.39, 0.29) is 24.9 Å². The Morgan fingerprint density at radius 1 is 0.906 bits per heavy atom. The summed E-state index contributed by atoms with van der Waals surface area (Å²) in [6, 6.07) is 20.8. The Balaban J connectivity index is 1.42. The molecule has 2 amide bonds. The van der Waals surface area contributed by atoms with Crippen LogP contribution in [0.25, 0.3) is 11.7 Å². The fraction of sp³-hybridized carbons (Fsp3) is 0.130. The molecule has 2 N–H and O–H groups in total. The number of rotatable bonds is 8. The number of amides is 2. The molecule has 9 nitrogen and oxygen atoms in total. The first-order valence-electron chi connectivity index (χ1n) is 9.87. The average Bonchev–Trinajstić information content (AvgIpc) is 3.51. The van der Waals surface area contributed by atoms with Gasteiger partial charge in [-0.05, 0) is 23.3 Å². The van der Waals surface area contributed by atoms with Crippen molar-refractivity contribution in [3.63, 3.8) is 0 Å². The smallest absolute Gasteiger partial charge is 0.408 e. The highest BCUT2D eigenvalue weighted by Crippen LogP contribution is 2.20. The number of carbonyl (C=O) groups is 2. The van der Waals surface area contributed by atoms with E-state index in [1.807, 2.05) is 60.7 Å². The summed E-state index contributed by atoms with van der Waals surface area (Å²) >= 11 is 0. The van der Waals surface area contributed by atoms with Crippen molar-refractivity contribution in [2.75, 3.05) is 5.32 Å². The minimum atomic E-state index is -0.931. The van der Waals surface area contributed by atoms with Crippen LogP contribution in [0.5, 0.6) is 0 Å². The third-order valence-electron chi connectivity index (χ3n) is 4.49. The van der Waals surface area contributed by atoms with E-state index in [0.717, 1.165) is 11.1 Å². The number of nitrogens with zero attached hydrogens (tertiary/aromatic N) is 2. The second-order valence-corrected chi connectivity index (χ2v) is 6.83. The first-order valence-corrected chi connectivity index (χ1v) is 9.87. The average molecular weight is 432 g/mol. The highest BCUT2D eigenvalue weighted by atomic mass is 16.5. The van der Waals surface area contributed by atoms with Crippen LogP contribution < -0.4 is 10.6 Å². The van der Waals surface area contributed by atoms with Gasteiger partial charge in [0.15, 0.2) is 5.76 Å². The van der Waals surface area contributed by atoms with Crippen LogP contribution in [0, 0.1) is 0 Å². The molecule has 2 aromatic heterocycles. The topological polar surface area (TPSA) is 119 Å². The fourth-order valence-electron chi connectivity index (χ4n) is 2.93. The minimum absolute atomic E-state index is 0.0858. The minimum Gasteiger partial charge on any atom is -0.459 e. The number of ether oxygens (including phenoxy) is 1. The van der Waals surface area contributed by atoms with Gasteiger partial charge in [0.05, 0.1) is 6.26 Å². The van der Waals surface area contributed by atoms with Gasteiger partial charge in [0.2, 0.25) is 0 Å². The second-order valence-electron chi connectivity index (χ2n) is 6.83. The zero-order valence-corrected chi connectivity index (χ0v) is 16.9. The van der Waals surface area contributed by atoms with Crippen molar-refractivity contribution in [3.8, 4) is 11.7 Å². The third-order valence-corrected chi connectivity index (χ3v) is 4.49. The molecule has 2 aromatic carbocycles. The molecular weight excluding hydrogens is 412 g/mol. The first-order chi connectivity index (χ1) is 15.7. The van der Waals surface area contributed by atoms with Crippen molar-refractivity contribution in [2.45, 2.75) is 19.1 Å². The maximum absolute atomic E-state index is 12.9. The third kappa shape index (κ3) is 5.60. The molecule has 0 spiro atoms. The number of nitrogens with one attached hydrogen (secondary N) is 2. The number of aromatic nitrogens is 2. The van der Waals surface area contributed by atoms with Gasteiger partial charge in [-0.1, -0.05) is 65.8 Å². The number of anilines is 1. The number of furan rings is 1. The summed E-state index contributed by atoms with van der Waals surface area (Å²) in [7, 11) is 0. The van der Waals surface area contributed by atoms with Gasteiger partial charge in [0.25, 0.3) is 11.8 Å². The van der Waals surface area contributed by atoms with Crippen LogP contribution in [0.4, 0.5) is 10.8 Å². The van der Waals surface area contributed by atoms with E-state index in [0.29, 0.717) is 5.76 Å². The van der Waals surface area contributed by atoms with Crippen molar-refractivity contribution >= 4 is 18.0 Å². The molecule has 162 valence electrons. The summed E-state index contributed by atoms with van der Waals surface area (Å²) in [5, 5.41) is 12.8. The summed E-state index contributed by atoms with van der Waals surface area (Å²) in [6.45, 7) is 0.0858. The number of hydrogen-bond acceptors (Lipinski definition) is 7. The Morgan fingerprint density at radius 3 is 2.31 bits per heavy atom. The molecular formula is C23H20N4O5. The highest BCUT2D eigenvalue weighted by molar-refractivity contribution is 5.95. The zero-order chi connectivity index (χ0) is 22.2. The van der Waals surface area contributed by atoms with E-state index < -0.39 is 18.0 Å². The Hall–Kier alpha value is -4.40. The molecule has 9 heteroatoms. The standard InChI is InChI=1S/C23H20N4O5/c28-20(25-22-27-26-21(32-22)19-12-7-13-30-19)18(14-16-8-3-1-4-9-16)24-23(29)31-15-17-10-5-2-6-11-17/h1-13,18H,14-15H2,(H,24,29)(H,25,27,28).